The molecule has 0 amide bonds. The van der Waals surface area contributed by atoms with Crippen LogP contribution in [0.15, 0.2) is 11.6 Å². The molecule has 0 bridgehead atoms. The van der Waals surface area contributed by atoms with Gasteiger partial charge in [-0.15, -0.1) is 0 Å². The molecule has 86 valence electrons. The van der Waals surface area contributed by atoms with Gasteiger partial charge in [0.1, 0.15) is 0 Å². The third-order valence-electron chi connectivity index (χ3n) is 4.53. The molecule has 0 aromatic carbocycles. The number of hydrogen-bond donors (Lipinski definition) is 1. The zero-order valence-electron chi connectivity index (χ0n) is 9.47. The summed E-state index contributed by atoms with van der Waals surface area (Å²) in [5, 5.41) is 0.820. The third-order valence-corrected chi connectivity index (χ3v) is 4.69. The van der Waals surface area contributed by atoms with Crippen LogP contribution in [0.4, 0.5) is 0 Å². The van der Waals surface area contributed by atoms with Crippen molar-refractivity contribution in [2.24, 2.45) is 17.1 Å². The van der Waals surface area contributed by atoms with Crippen molar-refractivity contribution < 1.29 is 0 Å². The number of halogens is 1. The second-order valence-corrected chi connectivity index (χ2v) is 6.06. The molecule has 2 fully saturated rings. The van der Waals surface area contributed by atoms with E-state index in [1.54, 1.807) is 0 Å². The Morgan fingerprint density at radius 3 is 2.60 bits per heavy atom. The number of rotatable bonds is 2. The number of allylic oxidation sites excluding steroid dienone is 1. The summed E-state index contributed by atoms with van der Waals surface area (Å²) in [6.45, 7) is 3.85. The molecule has 0 radical (unpaired) electrons. The van der Waals surface area contributed by atoms with E-state index in [1.807, 2.05) is 0 Å². The van der Waals surface area contributed by atoms with Crippen LogP contribution in [0.25, 0.3) is 0 Å². The Morgan fingerprint density at radius 2 is 2.00 bits per heavy atom. The van der Waals surface area contributed by atoms with E-state index in [1.165, 1.54) is 38.5 Å². The van der Waals surface area contributed by atoms with Gasteiger partial charge in [-0.1, -0.05) is 31.0 Å². The maximum atomic E-state index is 6.08. The van der Waals surface area contributed by atoms with Crippen molar-refractivity contribution in [3.63, 3.8) is 0 Å². The average molecular weight is 228 g/mol. The van der Waals surface area contributed by atoms with Crippen LogP contribution in [0.5, 0.6) is 0 Å². The number of nitrogens with two attached hydrogens (primary N) is 1. The molecule has 15 heavy (non-hydrogen) atoms. The SMILES string of the molecule is C=C(Cl)CC1CC(N)CCC12CCCC2. The van der Waals surface area contributed by atoms with Crippen molar-refractivity contribution in [2.75, 3.05) is 0 Å². The lowest BCUT2D eigenvalue weighted by atomic mass is 9.63. The van der Waals surface area contributed by atoms with Crippen LogP contribution in [-0.2, 0) is 0 Å². The molecule has 2 N–H and O–H groups in total. The van der Waals surface area contributed by atoms with Crippen LogP contribution in [0.3, 0.4) is 0 Å². The molecule has 0 aromatic heterocycles. The molecule has 2 aliphatic carbocycles. The van der Waals surface area contributed by atoms with Crippen LogP contribution in [0.1, 0.15) is 51.4 Å². The van der Waals surface area contributed by atoms with E-state index < -0.39 is 0 Å². The van der Waals surface area contributed by atoms with E-state index in [-0.39, 0.29) is 0 Å². The first-order chi connectivity index (χ1) is 7.12. The fraction of sp³-hybridized carbons (Fsp3) is 0.846. The largest absolute Gasteiger partial charge is 0.328 e. The Bertz CT molecular complexity index is 243. The lowest BCUT2D eigenvalue weighted by molar-refractivity contribution is 0.0907. The van der Waals surface area contributed by atoms with Crippen LogP contribution in [0.2, 0.25) is 0 Å². The molecule has 0 saturated heterocycles. The lowest BCUT2D eigenvalue weighted by Gasteiger charge is -2.44. The van der Waals surface area contributed by atoms with Crippen LogP contribution in [-0.4, -0.2) is 6.04 Å². The topological polar surface area (TPSA) is 26.0 Å². The van der Waals surface area contributed by atoms with Crippen molar-refractivity contribution in [1.82, 2.24) is 0 Å². The first kappa shape index (κ1) is 11.5. The van der Waals surface area contributed by atoms with E-state index >= 15 is 0 Å². The van der Waals surface area contributed by atoms with E-state index in [2.05, 4.69) is 6.58 Å². The average Bonchev–Trinajstić information content (AvgIpc) is 2.61. The Labute approximate surface area is 98.1 Å². The van der Waals surface area contributed by atoms with Crippen molar-refractivity contribution in [1.29, 1.82) is 0 Å². The zero-order valence-corrected chi connectivity index (χ0v) is 10.2. The van der Waals surface area contributed by atoms with Gasteiger partial charge in [-0.05, 0) is 49.9 Å². The highest BCUT2D eigenvalue weighted by Crippen LogP contribution is 2.54. The Kier molecular flexibility index (Phi) is 3.42. The summed E-state index contributed by atoms with van der Waals surface area (Å²) < 4.78 is 0. The number of hydrogen-bond acceptors (Lipinski definition) is 1. The van der Waals surface area contributed by atoms with Gasteiger partial charge < -0.3 is 5.73 Å². The maximum absolute atomic E-state index is 6.08. The summed E-state index contributed by atoms with van der Waals surface area (Å²) in [5.74, 6) is 0.703. The van der Waals surface area contributed by atoms with Gasteiger partial charge in [0.05, 0.1) is 0 Å². The van der Waals surface area contributed by atoms with E-state index in [9.17, 15) is 0 Å². The van der Waals surface area contributed by atoms with E-state index in [4.69, 9.17) is 17.3 Å². The second-order valence-electron chi connectivity index (χ2n) is 5.52. The smallest absolute Gasteiger partial charge is 0.0112 e. The Hall–Kier alpha value is -0.0100. The molecular formula is C13H22ClN. The molecule has 2 saturated carbocycles. The van der Waals surface area contributed by atoms with Crippen molar-refractivity contribution >= 4 is 11.6 Å². The van der Waals surface area contributed by atoms with Gasteiger partial charge in [-0.3, -0.25) is 0 Å². The summed E-state index contributed by atoms with van der Waals surface area (Å²) in [6, 6.07) is 0.400. The molecule has 0 aromatic rings. The highest BCUT2D eigenvalue weighted by atomic mass is 35.5. The minimum absolute atomic E-state index is 0.400. The minimum Gasteiger partial charge on any atom is -0.328 e. The van der Waals surface area contributed by atoms with Crippen molar-refractivity contribution in [2.45, 2.75) is 57.4 Å². The molecule has 1 nitrogen and oxygen atoms in total. The summed E-state index contributed by atoms with van der Waals surface area (Å²) in [7, 11) is 0. The molecule has 0 aliphatic heterocycles. The van der Waals surface area contributed by atoms with Gasteiger partial charge in [0.2, 0.25) is 0 Å². The molecule has 2 atom stereocenters. The van der Waals surface area contributed by atoms with Crippen molar-refractivity contribution in [3.05, 3.63) is 11.6 Å². The van der Waals surface area contributed by atoms with Gasteiger partial charge in [-0.25, -0.2) is 0 Å². The standard InChI is InChI=1S/C13H22ClN/c1-10(14)8-11-9-12(15)4-7-13(11)5-2-3-6-13/h11-12H,1-9,15H2. The molecule has 2 heteroatoms. The molecule has 1 spiro atoms. The summed E-state index contributed by atoms with van der Waals surface area (Å²) in [4.78, 5) is 0. The van der Waals surface area contributed by atoms with E-state index in [0.29, 0.717) is 17.4 Å². The predicted molar refractivity (Wildman–Crippen MR) is 65.8 cm³/mol. The fourth-order valence-corrected chi connectivity index (χ4v) is 3.90. The quantitative estimate of drug-likeness (QED) is 0.763. The summed E-state index contributed by atoms with van der Waals surface area (Å²) in [6.07, 6.45) is 10.3. The first-order valence-electron chi connectivity index (χ1n) is 6.21. The van der Waals surface area contributed by atoms with Gasteiger partial charge in [-0.2, -0.15) is 0 Å². The normalized spacial score (nSPS) is 34.5. The predicted octanol–water partition coefficient (Wildman–Crippen LogP) is 3.82. The highest BCUT2D eigenvalue weighted by molar-refractivity contribution is 6.29. The molecule has 2 rings (SSSR count). The zero-order chi connectivity index (χ0) is 10.9. The third kappa shape index (κ3) is 2.39. The molecular weight excluding hydrogens is 206 g/mol. The summed E-state index contributed by atoms with van der Waals surface area (Å²) in [5.41, 5.74) is 6.66. The second kappa shape index (κ2) is 4.47. The Morgan fingerprint density at radius 1 is 1.33 bits per heavy atom. The Balaban J connectivity index is 2.09. The molecule has 2 aliphatic rings. The summed E-state index contributed by atoms with van der Waals surface area (Å²) >= 11 is 5.99. The fourth-order valence-electron chi connectivity index (χ4n) is 3.71. The van der Waals surface area contributed by atoms with Gasteiger partial charge in [0, 0.05) is 11.1 Å². The van der Waals surface area contributed by atoms with Gasteiger partial charge >= 0.3 is 0 Å². The van der Waals surface area contributed by atoms with Crippen LogP contribution < -0.4 is 5.73 Å². The first-order valence-corrected chi connectivity index (χ1v) is 6.59. The van der Waals surface area contributed by atoms with Crippen LogP contribution in [0, 0.1) is 11.3 Å². The van der Waals surface area contributed by atoms with E-state index in [0.717, 1.165) is 17.9 Å². The highest BCUT2D eigenvalue weighted by Gasteiger charge is 2.44. The maximum Gasteiger partial charge on any atom is 0.0112 e. The minimum atomic E-state index is 0.400. The van der Waals surface area contributed by atoms with Gasteiger partial charge in [0.25, 0.3) is 0 Å². The monoisotopic (exact) mass is 227 g/mol. The van der Waals surface area contributed by atoms with Crippen molar-refractivity contribution in [3.8, 4) is 0 Å². The van der Waals surface area contributed by atoms with Crippen LogP contribution >= 0.6 is 11.6 Å². The molecule has 0 heterocycles. The molecule has 2 unspecified atom stereocenters. The lowest BCUT2D eigenvalue weighted by Crippen LogP contribution is -2.40. The van der Waals surface area contributed by atoms with Gasteiger partial charge in [0.15, 0.2) is 0 Å².